The molecule has 0 saturated heterocycles. The highest BCUT2D eigenvalue weighted by Crippen LogP contribution is 2.33. The van der Waals surface area contributed by atoms with E-state index >= 15 is 0 Å². The summed E-state index contributed by atoms with van der Waals surface area (Å²) >= 11 is 1.09. The number of nitrogens with zero attached hydrogens (tertiary/aromatic N) is 4. The van der Waals surface area contributed by atoms with Crippen LogP contribution in [0.1, 0.15) is 12.6 Å². The number of benzene rings is 1. The summed E-state index contributed by atoms with van der Waals surface area (Å²) in [6.07, 6.45) is -3.43. The van der Waals surface area contributed by atoms with Gasteiger partial charge in [0, 0.05) is 23.6 Å². The Bertz CT molecular complexity index is 892. The molecule has 10 heteroatoms. The third-order valence-corrected chi connectivity index (χ3v) is 3.91. The first-order chi connectivity index (χ1) is 11.3. The zero-order valence-corrected chi connectivity index (χ0v) is 13.0. The summed E-state index contributed by atoms with van der Waals surface area (Å²) in [4.78, 5) is 18.9. The minimum Gasteiger partial charge on any atom is -0.326 e. The van der Waals surface area contributed by atoms with E-state index in [4.69, 9.17) is 0 Å². The van der Waals surface area contributed by atoms with Crippen LogP contribution in [-0.2, 0) is 11.0 Å². The molecule has 1 N–H and O–H groups in total. The molecule has 0 atom stereocenters. The van der Waals surface area contributed by atoms with E-state index in [-0.39, 0.29) is 16.7 Å². The summed E-state index contributed by atoms with van der Waals surface area (Å²) in [7, 11) is 0. The third-order valence-electron chi connectivity index (χ3n) is 2.91. The second-order valence-electron chi connectivity index (χ2n) is 4.76. The van der Waals surface area contributed by atoms with Crippen molar-refractivity contribution in [3.05, 3.63) is 42.4 Å². The van der Waals surface area contributed by atoms with E-state index in [1.54, 1.807) is 24.3 Å². The normalized spacial score (nSPS) is 11.7. The number of anilines is 1. The molecule has 3 aromatic rings. The Hall–Kier alpha value is -2.62. The number of hydrogen-bond donors (Lipinski definition) is 1. The van der Waals surface area contributed by atoms with Crippen molar-refractivity contribution in [3.63, 3.8) is 0 Å². The number of hydrogen-bond acceptors (Lipinski definition) is 5. The largest absolute Gasteiger partial charge is 0.433 e. The van der Waals surface area contributed by atoms with Gasteiger partial charge in [0.2, 0.25) is 5.91 Å². The van der Waals surface area contributed by atoms with Gasteiger partial charge in [-0.05, 0) is 24.3 Å². The van der Waals surface area contributed by atoms with E-state index in [0.717, 1.165) is 24.2 Å². The van der Waals surface area contributed by atoms with Gasteiger partial charge in [0.15, 0.2) is 5.69 Å². The van der Waals surface area contributed by atoms with Gasteiger partial charge in [-0.25, -0.2) is 4.98 Å². The molecule has 1 amide bonds. The SMILES string of the molecule is CC(=O)Nc1ccc(Sc2cc(C(F)(F)F)nc3ncnn23)cc1. The second kappa shape index (κ2) is 6.11. The molecule has 1 aromatic carbocycles. The molecule has 0 saturated carbocycles. The van der Waals surface area contributed by atoms with E-state index in [1.807, 2.05) is 0 Å². The van der Waals surface area contributed by atoms with Crippen molar-refractivity contribution in [3.8, 4) is 0 Å². The number of rotatable bonds is 3. The number of fused-ring (bicyclic) bond motifs is 1. The average molecular weight is 353 g/mol. The van der Waals surface area contributed by atoms with Crippen LogP contribution in [0.5, 0.6) is 0 Å². The third kappa shape index (κ3) is 3.48. The number of halogens is 3. The molecule has 24 heavy (non-hydrogen) atoms. The number of nitrogens with one attached hydrogen (secondary N) is 1. The van der Waals surface area contributed by atoms with Gasteiger partial charge in [-0.1, -0.05) is 11.8 Å². The molecule has 0 unspecified atom stereocenters. The second-order valence-corrected chi connectivity index (χ2v) is 5.85. The molecule has 0 bridgehead atoms. The molecule has 0 aliphatic heterocycles. The Morgan fingerprint density at radius 3 is 2.58 bits per heavy atom. The summed E-state index contributed by atoms with van der Waals surface area (Å²) < 4.78 is 40.1. The molecule has 0 aliphatic carbocycles. The highest BCUT2D eigenvalue weighted by Gasteiger charge is 2.34. The fourth-order valence-corrected chi connectivity index (χ4v) is 2.83. The van der Waals surface area contributed by atoms with Crippen LogP contribution in [0.2, 0.25) is 0 Å². The monoisotopic (exact) mass is 353 g/mol. The first kappa shape index (κ1) is 16.2. The van der Waals surface area contributed by atoms with Crippen LogP contribution in [0.25, 0.3) is 5.78 Å². The molecule has 6 nitrogen and oxygen atoms in total. The minimum atomic E-state index is -4.57. The number of carbonyl (C=O) groups is 1. The highest BCUT2D eigenvalue weighted by atomic mass is 32.2. The van der Waals surface area contributed by atoms with E-state index in [1.165, 1.54) is 11.4 Å². The quantitative estimate of drug-likeness (QED) is 0.732. The van der Waals surface area contributed by atoms with Crippen molar-refractivity contribution >= 4 is 29.1 Å². The minimum absolute atomic E-state index is 0.123. The lowest BCUT2D eigenvalue weighted by molar-refractivity contribution is -0.141. The van der Waals surface area contributed by atoms with Gasteiger partial charge in [-0.15, -0.1) is 0 Å². The van der Waals surface area contributed by atoms with Crippen LogP contribution < -0.4 is 5.32 Å². The Morgan fingerprint density at radius 1 is 1.25 bits per heavy atom. The molecule has 2 heterocycles. The molecule has 0 aliphatic rings. The first-order valence-corrected chi connectivity index (χ1v) is 7.48. The van der Waals surface area contributed by atoms with Crippen molar-refractivity contribution in [2.45, 2.75) is 23.0 Å². The van der Waals surface area contributed by atoms with E-state index < -0.39 is 11.9 Å². The number of alkyl halides is 3. The summed E-state index contributed by atoms with van der Waals surface area (Å²) in [5, 5.41) is 6.74. The van der Waals surface area contributed by atoms with Crippen LogP contribution >= 0.6 is 11.8 Å². The van der Waals surface area contributed by atoms with Gasteiger partial charge in [0.1, 0.15) is 11.4 Å². The van der Waals surface area contributed by atoms with Crippen molar-refractivity contribution < 1.29 is 18.0 Å². The molecule has 0 spiro atoms. The van der Waals surface area contributed by atoms with Gasteiger partial charge >= 0.3 is 6.18 Å². The fourth-order valence-electron chi connectivity index (χ4n) is 1.93. The first-order valence-electron chi connectivity index (χ1n) is 6.66. The van der Waals surface area contributed by atoms with Crippen LogP contribution in [0.3, 0.4) is 0 Å². The predicted octanol–water partition coefficient (Wildman–Crippen LogP) is 3.25. The van der Waals surface area contributed by atoms with Crippen molar-refractivity contribution in [2.24, 2.45) is 0 Å². The zero-order chi connectivity index (χ0) is 17.3. The van der Waals surface area contributed by atoms with Crippen LogP contribution in [0.4, 0.5) is 18.9 Å². The predicted molar refractivity (Wildman–Crippen MR) is 80.7 cm³/mol. The molecule has 124 valence electrons. The Kier molecular flexibility index (Phi) is 4.14. The van der Waals surface area contributed by atoms with Crippen molar-refractivity contribution in [1.29, 1.82) is 0 Å². The molecular formula is C14H10F3N5OS. The van der Waals surface area contributed by atoms with E-state index in [2.05, 4.69) is 20.4 Å². The lowest BCUT2D eigenvalue weighted by atomic mass is 10.3. The lowest BCUT2D eigenvalue weighted by Crippen LogP contribution is -2.10. The van der Waals surface area contributed by atoms with Crippen LogP contribution in [0, 0.1) is 0 Å². The standard InChI is InChI=1S/C14H10F3N5OS/c1-8(23)20-9-2-4-10(5-3-9)24-12-6-11(14(15,16)17)21-13-18-7-19-22(12)13/h2-7H,1H3,(H,20,23). The fraction of sp³-hybridized carbons (Fsp3) is 0.143. The van der Waals surface area contributed by atoms with Crippen molar-refractivity contribution in [2.75, 3.05) is 5.32 Å². The maximum Gasteiger partial charge on any atom is 0.433 e. The molecule has 3 rings (SSSR count). The average Bonchev–Trinajstić information content (AvgIpc) is 2.96. The number of carbonyl (C=O) groups excluding carboxylic acids is 1. The summed E-state index contributed by atoms with van der Waals surface area (Å²) in [6, 6.07) is 7.62. The Balaban J connectivity index is 1.94. The Labute approximate surface area is 138 Å². The number of amides is 1. The van der Waals surface area contributed by atoms with Gasteiger partial charge in [0.05, 0.1) is 0 Å². The number of aromatic nitrogens is 4. The van der Waals surface area contributed by atoms with Gasteiger partial charge in [0.25, 0.3) is 5.78 Å². The topological polar surface area (TPSA) is 72.2 Å². The van der Waals surface area contributed by atoms with Gasteiger partial charge in [-0.3, -0.25) is 4.79 Å². The smallest absolute Gasteiger partial charge is 0.326 e. The summed E-state index contributed by atoms with van der Waals surface area (Å²) in [5.74, 6) is -0.328. The maximum absolute atomic E-state index is 12.9. The molecule has 0 radical (unpaired) electrons. The van der Waals surface area contributed by atoms with Crippen molar-refractivity contribution in [1.82, 2.24) is 19.6 Å². The summed E-state index contributed by atoms with van der Waals surface area (Å²) in [5.41, 5.74) is -0.427. The maximum atomic E-state index is 12.9. The Morgan fingerprint density at radius 2 is 1.96 bits per heavy atom. The molecule has 0 fully saturated rings. The zero-order valence-electron chi connectivity index (χ0n) is 12.2. The van der Waals surface area contributed by atoms with E-state index in [9.17, 15) is 18.0 Å². The van der Waals surface area contributed by atoms with Crippen LogP contribution in [0.15, 0.2) is 46.6 Å². The molecular weight excluding hydrogens is 343 g/mol. The van der Waals surface area contributed by atoms with Gasteiger partial charge in [-0.2, -0.15) is 27.8 Å². The van der Waals surface area contributed by atoms with E-state index in [0.29, 0.717) is 10.6 Å². The lowest BCUT2D eigenvalue weighted by Gasteiger charge is -2.09. The summed E-state index contributed by atoms with van der Waals surface area (Å²) in [6.45, 7) is 1.39. The van der Waals surface area contributed by atoms with Crippen LogP contribution in [-0.4, -0.2) is 25.5 Å². The van der Waals surface area contributed by atoms with Gasteiger partial charge < -0.3 is 5.32 Å². The highest BCUT2D eigenvalue weighted by molar-refractivity contribution is 7.99. The molecule has 2 aromatic heterocycles.